The number of hydrogen-bond donors (Lipinski definition) is 0. The Labute approximate surface area is 149 Å². The highest BCUT2D eigenvalue weighted by Crippen LogP contribution is 2.56. The number of hydrogen-bond acceptors (Lipinski definition) is 2. The van der Waals surface area contributed by atoms with E-state index >= 15 is 0 Å². The van der Waals surface area contributed by atoms with Crippen LogP contribution in [0.15, 0.2) is 66.4 Å². The minimum absolute atomic E-state index is 0.0446. The van der Waals surface area contributed by atoms with E-state index in [0.29, 0.717) is 13.0 Å². The maximum Gasteiger partial charge on any atom is 0.159 e. The molecule has 25 heavy (non-hydrogen) atoms. The third kappa shape index (κ3) is 2.80. The molecule has 2 unspecified atom stereocenters. The van der Waals surface area contributed by atoms with Crippen molar-refractivity contribution in [3.05, 3.63) is 83.1 Å². The van der Waals surface area contributed by atoms with Gasteiger partial charge < -0.3 is 4.74 Å². The minimum atomic E-state index is -0.0446. The van der Waals surface area contributed by atoms with Gasteiger partial charge in [0.05, 0.1) is 0 Å². The smallest absolute Gasteiger partial charge is 0.159 e. The van der Waals surface area contributed by atoms with E-state index in [1.54, 1.807) is 6.08 Å². The van der Waals surface area contributed by atoms with Crippen molar-refractivity contribution in [2.24, 2.45) is 5.41 Å². The number of benzene rings is 2. The van der Waals surface area contributed by atoms with E-state index in [4.69, 9.17) is 4.74 Å². The van der Waals surface area contributed by atoms with Crippen LogP contribution in [-0.4, -0.2) is 5.78 Å². The number of carbonyl (C=O) groups is 1. The lowest BCUT2D eigenvalue weighted by Crippen LogP contribution is -2.40. The Bertz CT molecular complexity index is 806. The number of fused-ring (bicyclic) bond motifs is 3. The van der Waals surface area contributed by atoms with Gasteiger partial charge in [-0.3, -0.25) is 4.79 Å². The zero-order valence-corrected chi connectivity index (χ0v) is 14.7. The Morgan fingerprint density at radius 1 is 1.08 bits per heavy atom. The van der Waals surface area contributed by atoms with Crippen LogP contribution < -0.4 is 0 Å². The van der Waals surface area contributed by atoms with Crippen molar-refractivity contribution in [1.82, 2.24) is 0 Å². The van der Waals surface area contributed by atoms with E-state index in [9.17, 15) is 4.79 Å². The number of carbonyl (C=O) groups excluding carboxylic acids is 1. The van der Waals surface area contributed by atoms with Crippen LogP contribution in [0.4, 0.5) is 0 Å². The van der Waals surface area contributed by atoms with E-state index in [2.05, 4.69) is 43.3 Å². The lowest BCUT2D eigenvalue weighted by Gasteiger charge is -2.47. The summed E-state index contributed by atoms with van der Waals surface area (Å²) in [4.78, 5) is 12.5. The monoisotopic (exact) mass is 332 g/mol. The van der Waals surface area contributed by atoms with E-state index in [1.165, 1.54) is 11.1 Å². The van der Waals surface area contributed by atoms with Crippen LogP contribution in [0.5, 0.6) is 0 Å². The normalized spacial score (nSPS) is 24.9. The molecule has 0 aromatic heterocycles. The molecule has 2 aromatic carbocycles. The molecule has 2 atom stereocenters. The molecule has 0 radical (unpaired) electrons. The molecule has 0 heterocycles. The van der Waals surface area contributed by atoms with Gasteiger partial charge >= 0.3 is 0 Å². The number of rotatable bonds is 4. The molecular weight excluding hydrogens is 308 g/mol. The van der Waals surface area contributed by atoms with Crippen LogP contribution in [0.2, 0.25) is 0 Å². The molecule has 0 amide bonds. The van der Waals surface area contributed by atoms with Gasteiger partial charge in [-0.2, -0.15) is 0 Å². The standard InChI is InChI=1S/C23H24O2/c1-2-23-13-12-18-10-6-7-11-20(18)21(23)14-19(24)15-22(23)25-16-17-8-4-3-5-9-17/h3-11,15,21H,2,12-14,16H2,1H3. The molecule has 0 saturated heterocycles. The van der Waals surface area contributed by atoms with Crippen LogP contribution >= 0.6 is 0 Å². The van der Waals surface area contributed by atoms with E-state index < -0.39 is 0 Å². The molecule has 2 aliphatic carbocycles. The highest BCUT2D eigenvalue weighted by molar-refractivity contribution is 5.92. The van der Waals surface area contributed by atoms with Gasteiger partial charge in [-0.05, 0) is 36.0 Å². The quantitative estimate of drug-likeness (QED) is 0.770. The molecule has 2 aliphatic rings. The summed E-state index contributed by atoms with van der Waals surface area (Å²) in [5.74, 6) is 1.33. The van der Waals surface area contributed by atoms with E-state index in [-0.39, 0.29) is 17.1 Å². The molecule has 2 aromatic rings. The van der Waals surface area contributed by atoms with Crippen molar-refractivity contribution in [3.63, 3.8) is 0 Å². The minimum Gasteiger partial charge on any atom is -0.493 e. The molecule has 0 fully saturated rings. The molecule has 0 N–H and O–H groups in total. The van der Waals surface area contributed by atoms with Crippen molar-refractivity contribution in [3.8, 4) is 0 Å². The first kappa shape index (κ1) is 16.1. The summed E-state index contributed by atoms with van der Waals surface area (Å²) < 4.78 is 6.26. The summed E-state index contributed by atoms with van der Waals surface area (Å²) >= 11 is 0. The fourth-order valence-electron chi connectivity index (χ4n) is 4.60. The van der Waals surface area contributed by atoms with Gasteiger partial charge in [0, 0.05) is 23.8 Å². The third-order valence-electron chi connectivity index (χ3n) is 5.99. The average Bonchev–Trinajstić information content (AvgIpc) is 2.67. The van der Waals surface area contributed by atoms with Crippen LogP contribution in [0.3, 0.4) is 0 Å². The molecule has 2 nitrogen and oxygen atoms in total. The molecule has 2 heteroatoms. The zero-order valence-electron chi connectivity index (χ0n) is 14.7. The van der Waals surface area contributed by atoms with Crippen LogP contribution in [0.1, 0.15) is 48.8 Å². The van der Waals surface area contributed by atoms with Crippen molar-refractivity contribution in [2.75, 3.05) is 0 Å². The Balaban J connectivity index is 1.68. The number of allylic oxidation sites excluding steroid dienone is 2. The SMILES string of the molecule is CCC12CCc3ccccc3C1CC(=O)C=C2OCc1ccccc1. The number of ketones is 1. The molecule has 0 saturated carbocycles. The molecule has 0 bridgehead atoms. The van der Waals surface area contributed by atoms with Gasteiger partial charge in [0.15, 0.2) is 5.78 Å². The second kappa shape index (κ2) is 6.51. The van der Waals surface area contributed by atoms with Crippen molar-refractivity contribution in [2.45, 2.75) is 45.1 Å². The summed E-state index contributed by atoms with van der Waals surface area (Å²) in [7, 11) is 0. The van der Waals surface area contributed by atoms with Gasteiger partial charge in [0.2, 0.25) is 0 Å². The van der Waals surface area contributed by atoms with Crippen molar-refractivity contribution in [1.29, 1.82) is 0 Å². The summed E-state index contributed by atoms with van der Waals surface area (Å²) in [6.07, 6.45) is 5.49. The Morgan fingerprint density at radius 2 is 1.84 bits per heavy atom. The number of ether oxygens (including phenoxy) is 1. The molecule has 4 rings (SSSR count). The largest absolute Gasteiger partial charge is 0.493 e. The predicted octanol–water partition coefficient (Wildman–Crippen LogP) is 5.19. The van der Waals surface area contributed by atoms with Crippen molar-refractivity contribution < 1.29 is 9.53 Å². The number of aryl methyl sites for hydroxylation is 1. The first-order valence-corrected chi connectivity index (χ1v) is 9.22. The lowest BCUT2D eigenvalue weighted by molar-refractivity contribution is -0.117. The Morgan fingerprint density at radius 3 is 2.64 bits per heavy atom. The summed E-state index contributed by atoms with van der Waals surface area (Å²) in [6, 6.07) is 18.8. The highest BCUT2D eigenvalue weighted by atomic mass is 16.5. The second-order valence-corrected chi connectivity index (χ2v) is 7.21. The molecule has 0 spiro atoms. The third-order valence-corrected chi connectivity index (χ3v) is 5.99. The second-order valence-electron chi connectivity index (χ2n) is 7.21. The van der Waals surface area contributed by atoms with Crippen LogP contribution in [0, 0.1) is 5.41 Å². The van der Waals surface area contributed by atoms with Crippen LogP contribution in [0.25, 0.3) is 0 Å². The van der Waals surface area contributed by atoms with Gasteiger partial charge in [-0.1, -0.05) is 61.5 Å². The van der Waals surface area contributed by atoms with Crippen LogP contribution in [-0.2, 0) is 22.6 Å². The summed E-state index contributed by atoms with van der Waals surface area (Å²) in [6.45, 7) is 2.76. The first-order valence-electron chi connectivity index (χ1n) is 9.22. The Kier molecular flexibility index (Phi) is 4.20. The van der Waals surface area contributed by atoms with Gasteiger partial charge in [-0.15, -0.1) is 0 Å². The molecule has 128 valence electrons. The topological polar surface area (TPSA) is 26.3 Å². The highest BCUT2D eigenvalue weighted by Gasteiger charge is 2.48. The van der Waals surface area contributed by atoms with E-state index in [0.717, 1.165) is 30.6 Å². The summed E-state index contributed by atoms with van der Waals surface area (Å²) in [5.41, 5.74) is 3.84. The molecule has 0 aliphatic heterocycles. The maximum atomic E-state index is 12.5. The fourth-order valence-corrected chi connectivity index (χ4v) is 4.60. The summed E-state index contributed by atoms with van der Waals surface area (Å²) in [5, 5.41) is 0. The predicted molar refractivity (Wildman–Crippen MR) is 99.2 cm³/mol. The van der Waals surface area contributed by atoms with Gasteiger partial charge in [-0.25, -0.2) is 0 Å². The Hall–Kier alpha value is -2.35. The van der Waals surface area contributed by atoms with Gasteiger partial charge in [0.25, 0.3) is 0 Å². The lowest BCUT2D eigenvalue weighted by atomic mass is 9.58. The van der Waals surface area contributed by atoms with Gasteiger partial charge in [0.1, 0.15) is 12.4 Å². The maximum absolute atomic E-state index is 12.5. The average molecular weight is 332 g/mol. The van der Waals surface area contributed by atoms with Crippen molar-refractivity contribution >= 4 is 5.78 Å². The zero-order chi connectivity index (χ0) is 17.3. The fraction of sp³-hybridized carbons (Fsp3) is 0.348. The molecular formula is C23H24O2. The first-order chi connectivity index (χ1) is 12.2. The van der Waals surface area contributed by atoms with E-state index in [1.807, 2.05) is 18.2 Å².